The Labute approximate surface area is 109 Å². The van der Waals surface area contributed by atoms with E-state index in [-0.39, 0.29) is 0 Å². The first kappa shape index (κ1) is 16.7. The molecule has 0 aliphatic rings. The van der Waals surface area contributed by atoms with Gasteiger partial charge in [0.25, 0.3) is 0 Å². The third-order valence-electron chi connectivity index (χ3n) is 2.90. The van der Waals surface area contributed by atoms with E-state index < -0.39 is 17.9 Å². The van der Waals surface area contributed by atoms with Gasteiger partial charge in [0, 0.05) is 0 Å². The van der Waals surface area contributed by atoms with Gasteiger partial charge in [0.05, 0.1) is 0 Å². The molecule has 0 saturated heterocycles. The van der Waals surface area contributed by atoms with E-state index in [4.69, 9.17) is 5.11 Å². The van der Waals surface area contributed by atoms with Crippen molar-refractivity contribution in [2.75, 3.05) is 0 Å². The van der Waals surface area contributed by atoms with Crippen LogP contribution in [0.15, 0.2) is 12.7 Å². The summed E-state index contributed by atoms with van der Waals surface area (Å²) >= 11 is 0. The number of rotatable bonds is 11. The first-order valence-electron chi connectivity index (χ1n) is 6.77. The zero-order valence-electron chi connectivity index (χ0n) is 11.3. The summed E-state index contributed by atoms with van der Waals surface area (Å²) in [5.41, 5.74) is 0. The summed E-state index contributed by atoms with van der Waals surface area (Å²) in [6, 6.07) is -0.786. The lowest BCUT2D eigenvalue weighted by atomic mass is 10.1. The van der Waals surface area contributed by atoms with Gasteiger partial charge in [0.2, 0.25) is 5.91 Å². The zero-order chi connectivity index (χ0) is 13.8. The smallest absolute Gasteiger partial charge is 0.326 e. The van der Waals surface area contributed by atoms with Crippen LogP contribution in [0.5, 0.6) is 0 Å². The van der Waals surface area contributed by atoms with Gasteiger partial charge in [0.15, 0.2) is 0 Å². The highest BCUT2D eigenvalue weighted by atomic mass is 16.4. The van der Waals surface area contributed by atoms with Crippen molar-refractivity contribution in [1.82, 2.24) is 5.32 Å². The topological polar surface area (TPSA) is 66.4 Å². The Hall–Kier alpha value is -1.32. The summed E-state index contributed by atoms with van der Waals surface area (Å²) in [5.74, 6) is -1.40. The molecule has 18 heavy (non-hydrogen) atoms. The van der Waals surface area contributed by atoms with Gasteiger partial charge in [-0.3, -0.25) is 4.79 Å². The van der Waals surface area contributed by atoms with Gasteiger partial charge >= 0.3 is 5.97 Å². The van der Waals surface area contributed by atoms with E-state index in [0.29, 0.717) is 6.42 Å². The standard InChI is InChI=1S/C14H25NO3/c1-3-5-6-7-8-9-10-11-12(14(17)18)15-13(16)4-2/h4,12H,2-3,5-11H2,1H3,(H,15,16)(H,17,18). The van der Waals surface area contributed by atoms with Gasteiger partial charge in [-0.1, -0.05) is 58.4 Å². The molecule has 1 amide bonds. The molecule has 0 heterocycles. The van der Waals surface area contributed by atoms with Crippen molar-refractivity contribution in [3.8, 4) is 0 Å². The minimum Gasteiger partial charge on any atom is -0.480 e. The third kappa shape index (κ3) is 8.79. The molecule has 0 aliphatic carbocycles. The summed E-state index contributed by atoms with van der Waals surface area (Å²) in [6.45, 7) is 5.49. The second-order valence-corrected chi connectivity index (χ2v) is 4.51. The van der Waals surface area contributed by atoms with Crippen LogP contribution in [0, 0.1) is 0 Å². The number of carbonyl (C=O) groups is 2. The Morgan fingerprint density at radius 2 is 1.72 bits per heavy atom. The number of hydrogen-bond donors (Lipinski definition) is 2. The average Bonchev–Trinajstić information content (AvgIpc) is 2.35. The Kier molecular flexibility index (Phi) is 10.0. The van der Waals surface area contributed by atoms with Crippen LogP contribution in [-0.2, 0) is 9.59 Å². The third-order valence-corrected chi connectivity index (χ3v) is 2.90. The van der Waals surface area contributed by atoms with Crippen molar-refractivity contribution in [3.63, 3.8) is 0 Å². The highest BCUT2D eigenvalue weighted by Gasteiger charge is 2.17. The van der Waals surface area contributed by atoms with E-state index in [1.54, 1.807) is 0 Å². The lowest BCUT2D eigenvalue weighted by Crippen LogP contribution is -2.39. The highest BCUT2D eigenvalue weighted by molar-refractivity contribution is 5.90. The van der Waals surface area contributed by atoms with Crippen LogP contribution < -0.4 is 5.32 Å². The van der Waals surface area contributed by atoms with E-state index in [1.807, 2.05) is 0 Å². The van der Waals surface area contributed by atoms with Gasteiger partial charge in [-0.2, -0.15) is 0 Å². The molecule has 0 fully saturated rings. The van der Waals surface area contributed by atoms with Crippen molar-refractivity contribution < 1.29 is 14.7 Å². The number of carbonyl (C=O) groups excluding carboxylic acids is 1. The Bertz CT molecular complexity index is 264. The number of carboxylic acid groups (broad SMARTS) is 1. The lowest BCUT2D eigenvalue weighted by Gasteiger charge is -2.12. The first-order valence-corrected chi connectivity index (χ1v) is 6.77. The van der Waals surface area contributed by atoms with Gasteiger partial charge in [0.1, 0.15) is 6.04 Å². The van der Waals surface area contributed by atoms with E-state index in [9.17, 15) is 9.59 Å². The summed E-state index contributed by atoms with van der Waals surface area (Å²) in [7, 11) is 0. The quantitative estimate of drug-likeness (QED) is 0.440. The first-order chi connectivity index (χ1) is 8.61. The van der Waals surface area contributed by atoms with Crippen molar-refractivity contribution in [2.45, 2.75) is 64.3 Å². The second kappa shape index (κ2) is 10.8. The monoisotopic (exact) mass is 255 g/mol. The van der Waals surface area contributed by atoms with Gasteiger partial charge in [-0.25, -0.2) is 4.79 Å². The number of amides is 1. The summed E-state index contributed by atoms with van der Waals surface area (Å²) in [4.78, 5) is 21.9. The molecular weight excluding hydrogens is 230 g/mol. The van der Waals surface area contributed by atoms with Gasteiger partial charge in [-0.15, -0.1) is 0 Å². The minimum absolute atomic E-state index is 0.426. The van der Waals surface area contributed by atoms with Crippen LogP contribution in [0.4, 0.5) is 0 Å². The Morgan fingerprint density at radius 1 is 1.17 bits per heavy atom. The fourth-order valence-corrected chi connectivity index (χ4v) is 1.79. The maximum Gasteiger partial charge on any atom is 0.326 e. The molecule has 0 aromatic rings. The van der Waals surface area contributed by atoms with Crippen LogP contribution in [0.1, 0.15) is 58.3 Å². The maximum absolute atomic E-state index is 11.0. The predicted octanol–water partition coefficient (Wildman–Crippen LogP) is 2.88. The summed E-state index contributed by atoms with van der Waals surface area (Å²) in [5, 5.41) is 11.4. The summed E-state index contributed by atoms with van der Waals surface area (Å²) < 4.78 is 0. The molecule has 0 saturated carbocycles. The number of carboxylic acids is 1. The summed E-state index contributed by atoms with van der Waals surface area (Å²) in [6.07, 6.45) is 9.56. The van der Waals surface area contributed by atoms with E-state index >= 15 is 0 Å². The van der Waals surface area contributed by atoms with Crippen LogP contribution in [0.25, 0.3) is 0 Å². The lowest BCUT2D eigenvalue weighted by molar-refractivity contribution is -0.141. The van der Waals surface area contributed by atoms with Gasteiger partial charge < -0.3 is 10.4 Å². The van der Waals surface area contributed by atoms with Crippen LogP contribution in [-0.4, -0.2) is 23.0 Å². The Balaban J connectivity index is 3.68. The SMILES string of the molecule is C=CC(=O)NC(CCCCCCCCC)C(=O)O. The van der Waals surface area contributed by atoms with Crippen LogP contribution in [0.2, 0.25) is 0 Å². The molecule has 104 valence electrons. The van der Waals surface area contributed by atoms with Crippen molar-refractivity contribution >= 4 is 11.9 Å². The normalized spacial score (nSPS) is 11.8. The van der Waals surface area contributed by atoms with Crippen molar-refractivity contribution in [3.05, 3.63) is 12.7 Å². The molecule has 4 heteroatoms. The molecule has 0 rings (SSSR count). The number of hydrogen-bond acceptors (Lipinski definition) is 2. The number of nitrogens with one attached hydrogen (secondary N) is 1. The zero-order valence-corrected chi connectivity index (χ0v) is 11.3. The van der Waals surface area contributed by atoms with E-state index in [0.717, 1.165) is 25.3 Å². The Morgan fingerprint density at radius 3 is 2.22 bits per heavy atom. The molecular formula is C14H25NO3. The fourth-order valence-electron chi connectivity index (χ4n) is 1.79. The molecule has 0 spiro atoms. The average molecular weight is 255 g/mol. The van der Waals surface area contributed by atoms with Gasteiger partial charge in [-0.05, 0) is 12.5 Å². The van der Waals surface area contributed by atoms with E-state index in [1.165, 1.54) is 25.7 Å². The molecule has 1 atom stereocenters. The fraction of sp³-hybridized carbons (Fsp3) is 0.714. The molecule has 0 aliphatic heterocycles. The van der Waals surface area contributed by atoms with Crippen molar-refractivity contribution in [1.29, 1.82) is 0 Å². The molecule has 0 aromatic carbocycles. The van der Waals surface area contributed by atoms with E-state index in [2.05, 4.69) is 18.8 Å². The molecule has 4 nitrogen and oxygen atoms in total. The predicted molar refractivity (Wildman–Crippen MR) is 72.4 cm³/mol. The maximum atomic E-state index is 11.0. The largest absolute Gasteiger partial charge is 0.480 e. The molecule has 1 unspecified atom stereocenters. The second-order valence-electron chi connectivity index (χ2n) is 4.51. The molecule has 0 aromatic heterocycles. The van der Waals surface area contributed by atoms with Crippen LogP contribution in [0.3, 0.4) is 0 Å². The van der Waals surface area contributed by atoms with Crippen molar-refractivity contribution in [2.24, 2.45) is 0 Å². The highest BCUT2D eigenvalue weighted by Crippen LogP contribution is 2.10. The molecule has 0 bridgehead atoms. The van der Waals surface area contributed by atoms with Crippen LogP contribution >= 0.6 is 0 Å². The minimum atomic E-state index is -0.976. The number of unbranched alkanes of at least 4 members (excludes halogenated alkanes) is 6. The number of aliphatic carboxylic acids is 1. The molecule has 0 radical (unpaired) electrons. The molecule has 2 N–H and O–H groups in total.